The Morgan fingerprint density at radius 3 is 2.86 bits per heavy atom. The predicted molar refractivity (Wildman–Crippen MR) is 67.4 cm³/mol. The minimum Gasteiger partial charge on any atom is -0.394 e. The van der Waals surface area contributed by atoms with Crippen molar-refractivity contribution in [3.63, 3.8) is 0 Å². The van der Waals surface area contributed by atoms with Crippen molar-refractivity contribution in [1.29, 1.82) is 0 Å². The number of aliphatic hydroxyl groups excluding tert-OH is 2. The SMILES string of the molecule is O=c1ccn([C@@H]2O[C@H](CO)[C@H](n3cncn3)[C@@H]2O)c(=O)[nH]1. The molecule has 3 rings (SSSR count). The topological polar surface area (TPSA) is 135 Å². The van der Waals surface area contributed by atoms with E-state index in [1.165, 1.54) is 23.5 Å². The van der Waals surface area contributed by atoms with Gasteiger partial charge in [-0.15, -0.1) is 0 Å². The molecule has 2 aromatic heterocycles. The molecule has 1 fully saturated rings. The normalized spacial score (nSPS) is 28.9. The Morgan fingerprint density at radius 2 is 2.24 bits per heavy atom. The largest absolute Gasteiger partial charge is 0.394 e. The molecule has 3 N–H and O–H groups in total. The summed E-state index contributed by atoms with van der Waals surface area (Å²) in [6.07, 6.45) is 0.963. The molecule has 4 atom stereocenters. The van der Waals surface area contributed by atoms with E-state index in [-0.39, 0.29) is 6.61 Å². The van der Waals surface area contributed by atoms with Crippen LogP contribution in [-0.4, -0.2) is 53.3 Å². The Morgan fingerprint density at radius 1 is 1.43 bits per heavy atom. The van der Waals surface area contributed by atoms with Crippen LogP contribution in [0.2, 0.25) is 0 Å². The van der Waals surface area contributed by atoms with E-state index in [2.05, 4.69) is 15.1 Å². The van der Waals surface area contributed by atoms with Crippen molar-refractivity contribution in [1.82, 2.24) is 24.3 Å². The summed E-state index contributed by atoms with van der Waals surface area (Å²) in [5.74, 6) is 0. The van der Waals surface area contributed by atoms with Gasteiger partial charge in [-0.25, -0.2) is 14.5 Å². The molecular formula is C11H13N5O5. The number of hydrogen-bond acceptors (Lipinski definition) is 7. The monoisotopic (exact) mass is 295 g/mol. The maximum absolute atomic E-state index is 11.8. The zero-order chi connectivity index (χ0) is 15.0. The van der Waals surface area contributed by atoms with Gasteiger partial charge in [0.15, 0.2) is 6.23 Å². The average Bonchev–Trinajstić information content (AvgIpc) is 3.06. The van der Waals surface area contributed by atoms with Gasteiger partial charge in [-0.2, -0.15) is 5.10 Å². The highest BCUT2D eigenvalue weighted by Crippen LogP contribution is 2.35. The molecule has 0 bridgehead atoms. The fraction of sp³-hybridized carbons (Fsp3) is 0.455. The molecule has 1 aliphatic rings. The third-order valence-corrected chi connectivity index (χ3v) is 3.38. The van der Waals surface area contributed by atoms with Crippen LogP contribution in [0.25, 0.3) is 0 Å². The van der Waals surface area contributed by atoms with E-state index >= 15 is 0 Å². The quantitative estimate of drug-likeness (QED) is 0.575. The molecule has 0 aromatic carbocycles. The van der Waals surface area contributed by atoms with Crippen molar-refractivity contribution >= 4 is 0 Å². The summed E-state index contributed by atoms with van der Waals surface area (Å²) in [5.41, 5.74) is -1.25. The van der Waals surface area contributed by atoms with E-state index in [0.717, 1.165) is 10.6 Å². The number of aliphatic hydroxyl groups is 2. The van der Waals surface area contributed by atoms with E-state index in [1.807, 2.05) is 0 Å². The molecule has 10 nitrogen and oxygen atoms in total. The Kier molecular flexibility index (Phi) is 3.41. The zero-order valence-corrected chi connectivity index (χ0v) is 10.7. The molecule has 0 amide bonds. The standard InChI is InChI=1S/C11H13N5O5/c17-3-6-8(16-5-12-4-13-16)9(19)10(21-6)15-2-1-7(18)14-11(15)20/h1-2,4-6,8-10,17,19H,3H2,(H,14,18,20)/t6-,8+,9+,10-/m1/s1. The Balaban J connectivity index is 1.98. The van der Waals surface area contributed by atoms with Crippen LogP contribution >= 0.6 is 0 Å². The number of aromatic amines is 1. The lowest BCUT2D eigenvalue weighted by molar-refractivity contribution is -0.0535. The second kappa shape index (κ2) is 5.24. The van der Waals surface area contributed by atoms with Gasteiger partial charge in [-0.1, -0.05) is 0 Å². The van der Waals surface area contributed by atoms with Gasteiger partial charge in [0.2, 0.25) is 0 Å². The number of ether oxygens (including phenoxy) is 1. The lowest BCUT2D eigenvalue weighted by atomic mass is 10.1. The summed E-state index contributed by atoms with van der Waals surface area (Å²) in [6.45, 7) is -0.365. The molecule has 1 saturated heterocycles. The fourth-order valence-electron chi connectivity index (χ4n) is 2.44. The summed E-state index contributed by atoms with van der Waals surface area (Å²) in [6, 6.07) is 0.454. The van der Waals surface area contributed by atoms with Crippen molar-refractivity contribution < 1.29 is 14.9 Å². The second-order valence-corrected chi connectivity index (χ2v) is 4.62. The average molecular weight is 295 g/mol. The van der Waals surface area contributed by atoms with Gasteiger partial charge in [0, 0.05) is 12.3 Å². The van der Waals surface area contributed by atoms with Crippen molar-refractivity contribution in [2.45, 2.75) is 24.5 Å². The lowest BCUT2D eigenvalue weighted by Crippen LogP contribution is -2.36. The molecule has 10 heteroatoms. The molecule has 21 heavy (non-hydrogen) atoms. The van der Waals surface area contributed by atoms with Crippen LogP contribution in [0.15, 0.2) is 34.5 Å². The highest BCUT2D eigenvalue weighted by Gasteiger charge is 2.46. The van der Waals surface area contributed by atoms with Gasteiger partial charge in [0.1, 0.15) is 30.9 Å². The fourth-order valence-corrected chi connectivity index (χ4v) is 2.44. The third kappa shape index (κ3) is 2.28. The molecule has 112 valence electrons. The minimum absolute atomic E-state index is 0.365. The van der Waals surface area contributed by atoms with Crippen LogP contribution in [0, 0.1) is 0 Å². The van der Waals surface area contributed by atoms with E-state index in [9.17, 15) is 19.8 Å². The molecule has 0 aliphatic carbocycles. The summed E-state index contributed by atoms with van der Waals surface area (Å²) >= 11 is 0. The number of hydrogen-bond donors (Lipinski definition) is 3. The summed E-state index contributed by atoms with van der Waals surface area (Å²) in [7, 11) is 0. The third-order valence-electron chi connectivity index (χ3n) is 3.38. The van der Waals surface area contributed by atoms with Crippen molar-refractivity contribution in [2.75, 3.05) is 6.61 Å². The minimum atomic E-state index is -1.15. The first-order valence-electron chi connectivity index (χ1n) is 6.22. The smallest absolute Gasteiger partial charge is 0.330 e. The molecular weight excluding hydrogens is 282 g/mol. The summed E-state index contributed by atoms with van der Waals surface area (Å²) in [4.78, 5) is 28.7. The maximum Gasteiger partial charge on any atom is 0.330 e. The molecule has 0 unspecified atom stereocenters. The van der Waals surface area contributed by atoms with Crippen molar-refractivity contribution in [3.8, 4) is 0 Å². The molecule has 0 spiro atoms. The van der Waals surface area contributed by atoms with Gasteiger partial charge in [0.05, 0.1) is 6.61 Å². The van der Waals surface area contributed by atoms with Gasteiger partial charge in [-0.05, 0) is 0 Å². The van der Waals surface area contributed by atoms with Gasteiger partial charge in [-0.3, -0.25) is 14.3 Å². The highest BCUT2D eigenvalue weighted by atomic mass is 16.5. The number of aromatic nitrogens is 5. The number of nitrogens with zero attached hydrogens (tertiary/aromatic N) is 4. The van der Waals surface area contributed by atoms with Crippen LogP contribution in [0.5, 0.6) is 0 Å². The number of nitrogens with one attached hydrogen (secondary N) is 1. The van der Waals surface area contributed by atoms with E-state index in [0.29, 0.717) is 0 Å². The summed E-state index contributed by atoms with van der Waals surface area (Å²) < 4.78 is 7.94. The molecule has 3 heterocycles. The number of rotatable bonds is 3. The maximum atomic E-state index is 11.8. The molecule has 2 aromatic rings. The van der Waals surface area contributed by atoms with Gasteiger partial charge in [0.25, 0.3) is 5.56 Å². The molecule has 1 aliphatic heterocycles. The summed E-state index contributed by atoms with van der Waals surface area (Å²) in [5, 5.41) is 23.7. The first kappa shape index (κ1) is 13.7. The van der Waals surface area contributed by atoms with E-state index in [4.69, 9.17) is 4.74 Å². The lowest BCUT2D eigenvalue weighted by Gasteiger charge is -2.19. The highest BCUT2D eigenvalue weighted by molar-refractivity contribution is 4.95. The molecule has 0 radical (unpaired) electrons. The Bertz CT molecular complexity index is 723. The Labute approximate surface area is 117 Å². The van der Waals surface area contributed by atoms with Gasteiger partial charge < -0.3 is 14.9 Å². The first-order chi connectivity index (χ1) is 10.1. The van der Waals surface area contributed by atoms with Crippen LogP contribution in [0.1, 0.15) is 12.3 Å². The van der Waals surface area contributed by atoms with Crippen molar-refractivity contribution in [2.24, 2.45) is 0 Å². The van der Waals surface area contributed by atoms with Crippen LogP contribution in [0.4, 0.5) is 0 Å². The predicted octanol–water partition coefficient (Wildman–Crippen LogP) is -2.38. The van der Waals surface area contributed by atoms with Crippen LogP contribution in [0.3, 0.4) is 0 Å². The van der Waals surface area contributed by atoms with E-state index in [1.54, 1.807) is 0 Å². The van der Waals surface area contributed by atoms with Crippen LogP contribution < -0.4 is 11.2 Å². The second-order valence-electron chi connectivity index (χ2n) is 4.62. The van der Waals surface area contributed by atoms with Crippen molar-refractivity contribution in [3.05, 3.63) is 45.8 Å². The zero-order valence-electron chi connectivity index (χ0n) is 10.7. The molecule has 0 saturated carbocycles. The first-order valence-corrected chi connectivity index (χ1v) is 6.22. The van der Waals surface area contributed by atoms with Crippen LogP contribution in [-0.2, 0) is 4.74 Å². The van der Waals surface area contributed by atoms with Gasteiger partial charge >= 0.3 is 5.69 Å². The number of H-pyrrole nitrogens is 1. The van der Waals surface area contributed by atoms with E-state index < -0.39 is 35.7 Å². The Hall–Kier alpha value is -2.30.